The highest BCUT2D eigenvalue weighted by Gasteiger charge is 2.28. The van der Waals surface area contributed by atoms with Crippen molar-refractivity contribution in [2.45, 2.75) is 33.5 Å². The highest BCUT2D eigenvalue weighted by molar-refractivity contribution is 5.75. The van der Waals surface area contributed by atoms with Crippen molar-refractivity contribution in [2.75, 3.05) is 18.4 Å². The molecule has 0 aliphatic carbocycles. The van der Waals surface area contributed by atoms with Crippen molar-refractivity contribution in [1.29, 1.82) is 0 Å². The van der Waals surface area contributed by atoms with E-state index in [-0.39, 0.29) is 5.82 Å². The molecule has 28 heavy (non-hydrogen) atoms. The lowest BCUT2D eigenvalue weighted by Crippen LogP contribution is -2.46. The van der Waals surface area contributed by atoms with Gasteiger partial charge in [0, 0.05) is 29.7 Å². The Morgan fingerprint density at radius 1 is 1.25 bits per heavy atom. The van der Waals surface area contributed by atoms with Crippen molar-refractivity contribution in [3.05, 3.63) is 70.9 Å². The summed E-state index contributed by atoms with van der Waals surface area (Å²) in [7, 11) is 0. The molecule has 1 aliphatic rings. The van der Waals surface area contributed by atoms with Crippen LogP contribution in [0.15, 0.2) is 37.0 Å². The number of anilines is 1. The van der Waals surface area contributed by atoms with Crippen LogP contribution in [0.3, 0.4) is 0 Å². The van der Waals surface area contributed by atoms with E-state index in [1.165, 1.54) is 12.1 Å². The molecular weight excluding hydrogens is 358 g/mol. The predicted molar refractivity (Wildman–Crippen MR) is 109 cm³/mol. The third-order valence-corrected chi connectivity index (χ3v) is 5.52. The molecule has 0 radical (unpaired) electrons. The monoisotopic (exact) mass is 382 g/mol. The molecule has 0 bridgehead atoms. The fourth-order valence-corrected chi connectivity index (χ4v) is 3.53. The van der Waals surface area contributed by atoms with E-state index in [0.29, 0.717) is 19.6 Å². The number of hydrogen-bond donors (Lipinski definition) is 1. The van der Waals surface area contributed by atoms with Crippen LogP contribution in [0.2, 0.25) is 0 Å². The Bertz CT molecular complexity index is 1060. The SMILES string of the molecule is C=C(c1cc(NCc2ccc(F)cc2C)c2nc(C)c(C)n2c1)N1CC(F)C1. The van der Waals surface area contributed by atoms with E-state index in [4.69, 9.17) is 4.98 Å². The van der Waals surface area contributed by atoms with Gasteiger partial charge in [0.15, 0.2) is 5.65 Å². The van der Waals surface area contributed by atoms with Gasteiger partial charge >= 0.3 is 0 Å². The third kappa shape index (κ3) is 3.23. The van der Waals surface area contributed by atoms with Crippen LogP contribution >= 0.6 is 0 Å². The number of pyridine rings is 1. The number of rotatable bonds is 5. The molecule has 6 heteroatoms. The number of alkyl halides is 1. The number of aryl methyl sites for hydroxylation is 3. The first-order chi connectivity index (χ1) is 13.3. The number of nitrogens with one attached hydrogen (secondary N) is 1. The van der Waals surface area contributed by atoms with E-state index in [9.17, 15) is 8.78 Å². The third-order valence-electron chi connectivity index (χ3n) is 5.52. The Hall–Kier alpha value is -2.89. The van der Waals surface area contributed by atoms with E-state index >= 15 is 0 Å². The van der Waals surface area contributed by atoms with Gasteiger partial charge in [-0.15, -0.1) is 0 Å². The molecule has 0 spiro atoms. The first-order valence-electron chi connectivity index (χ1n) is 9.40. The van der Waals surface area contributed by atoms with Crippen molar-refractivity contribution < 1.29 is 8.78 Å². The zero-order chi connectivity index (χ0) is 20.0. The van der Waals surface area contributed by atoms with Crippen LogP contribution in [0.1, 0.15) is 28.1 Å². The smallest absolute Gasteiger partial charge is 0.160 e. The van der Waals surface area contributed by atoms with Crippen LogP contribution in [0.4, 0.5) is 14.5 Å². The number of likely N-dealkylation sites (tertiary alicyclic amines) is 1. The lowest BCUT2D eigenvalue weighted by Gasteiger charge is -2.37. The Kier molecular flexibility index (Phi) is 4.57. The molecule has 0 saturated carbocycles. The lowest BCUT2D eigenvalue weighted by atomic mass is 10.1. The average molecular weight is 382 g/mol. The summed E-state index contributed by atoms with van der Waals surface area (Å²) in [5, 5.41) is 3.44. The molecule has 1 N–H and O–H groups in total. The van der Waals surface area contributed by atoms with Crippen molar-refractivity contribution in [2.24, 2.45) is 0 Å². The molecule has 1 fully saturated rings. The van der Waals surface area contributed by atoms with Crippen molar-refractivity contribution >= 4 is 17.0 Å². The molecule has 2 aromatic heterocycles. The molecule has 4 nitrogen and oxygen atoms in total. The summed E-state index contributed by atoms with van der Waals surface area (Å²) in [4.78, 5) is 6.63. The average Bonchev–Trinajstić information content (AvgIpc) is 2.92. The van der Waals surface area contributed by atoms with Gasteiger partial charge in [0.2, 0.25) is 0 Å². The van der Waals surface area contributed by atoms with Gasteiger partial charge in [0.25, 0.3) is 0 Å². The molecule has 146 valence electrons. The predicted octanol–water partition coefficient (Wildman–Crippen LogP) is 4.64. The number of aromatic nitrogens is 2. The van der Waals surface area contributed by atoms with Gasteiger partial charge in [0.05, 0.1) is 24.5 Å². The summed E-state index contributed by atoms with van der Waals surface area (Å²) in [6.07, 6.45) is 1.23. The first-order valence-corrected chi connectivity index (χ1v) is 9.40. The second-order valence-electron chi connectivity index (χ2n) is 7.49. The van der Waals surface area contributed by atoms with Crippen molar-refractivity contribution in [3.8, 4) is 0 Å². The van der Waals surface area contributed by atoms with Gasteiger partial charge in [-0.1, -0.05) is 12.6 Å². The fraction of sp³-hybridized carbons (Fsp3) is 0.318. The van der Waals surface area contributed by atoms with Crippen LogP contribution in [0, 0.1) is 26.6 Å². The van der Waals surface area contributed by atoms with Crippen LogP contribution in [-0.2, 0) is 6.54 Å². The van der Waals surface area contributed by atoms with Gasteiger partial charge in [-0.3, -0.25) is 0 Å². The maximum Gasteiger partial charge on any atom is 0.160 e. The minimum absolute atomic E-state index is 0.234. The van der Waals surface area contributed by atoms with E-state index in [2.05, 4.69) is 11.9 Å². The molecule has 0 unspecified atom stereocenters. The van der Waals surface area contributed by atoms with Crippen LogP contribution in [0.5, 0.6) is 0 Å². The second kappa shape index (κ2) is 6.93. The first kappa shape index (κ1) is 18.5. The molecule has 0 amide bonds. The van der Waals surface area contributed by atoms with Crippen LogP contribution < -0.4 is 5.32 Å². The summed E-state index contributed by atoms with van der Waals surface area (Å²) in [6.45, 7) is 11.4. The second-order valence-corrected chi connectivity index (χ2v) is 7.49. The fourth-order valence-electron chi connectivity index (χ4n) is 3.53. The minimum atomic E-state index is -0.781. The molecule has 1 saturated heterocycles. The van der Waals surface area contributed by atoms with Gasteiger partial charge in [-0.2, -0.15) is 0 Å². The van der Waals surface area contributed by atoms with Crippen LogP contribution in [-0.4, -0.2) is 33.5 Å². The van der Waals surface area contributed by atoms with E-state index < -0.39 is 6.17 Å². The molecule has 4 rings (SSSR count). The topological polar surface area (TPSA) is 32.6 Å². The Morgan fingerprint density at radius 3 is 2.68 bits per heavy atom. The number of imidazole rings is 1. The summed E-state index contributed by atoms with van der Waals surface area (Å²) in [6, 6.07) is 6.81. The summed E-state index contributed by atoms with van der Waals surface area (Å²) in [5.41, 5.74) is 7.37. The van der Waals surface area contributed by atoms with Gasteiger partial charge in [-0.05, 0) is 50.1 Å². The number of nitrogens with zero attached hydrogens (tertiary/aromatic N) is 3. The van der Waals surface area contributed by atoms with Crippen LogP contribution in [0.25, 0.3) is 11.3 Å². The molecule has 0 atom stereocenters. The van der Waals surface area contributed by atoms with E-state index in [0.717, 1.165) is 45.1 Å². The largest absolute Gasteiger partial charge is 0.378 e. The zero-order valence-corrected chi connectivity index (χ0v) is 16.4. The maximum absolute atomic E-state index is 13.4. The Balaban J connectivity index is 1.69. The number of benzene rings is 1. The molecule has 1 aliphatic heterocycles. The summed E-state index contributed by atoms with van der Waals surface area (Å²) < 4.78 is 28.7. The normalized spacial score (nSPS) is 14.4. The molecule has 1 aromatic carbocycles. The van der Waals surface area contributed by atoms with Gasteiger partial charge < -0.3 is 14.6 Å². The molecule has 3 aromatic rings. The van der Waals surface area contributed by atoms with Gasteiger partial charge in [0.1, 0.15) is 12.0 Å². The Labute approximate surface area is 163 Å². The van der Waals surface area contributed by atoms with Gasteiger partial charge in [-0.25, -0.2) is 13.8 Å². The highest BCUT2D eigenvalue weighted by Crippen LogP contribution is 2.29. The highest BCUT2D eigenvalue weighted by atomic mass is 19.1. The van der Waals surface area contributed by atoms with Crippen molar-refractivity contribution in [3.63, 3.8) is 0 Å². The van der Waals surface area contributed by atoms with E-state index in [1.54, 1.807) is 6.07 Å². The number of halogens is 2. The van der Waals surface area contributed by atoms with E-state index in [1.807, 2.05) is 42.3 Å². The zero-order valence-electron chi connectivity index (χ0n) is 16.4. The minimum Gasteiger partial charge on any atom is -0.378 e. The number of hydrogen-bond acceptors (Lipinski definition) is 3. The lowest BCUT2D eigenvalue weighted by molar-refractivity contribution is 0.122. The summed E-state index contributed by atoms with van der Waals surface area (Å²) >= 11 is 0. The van der Waals surface area contributed by atoms with Crippen molar-refractivity contribution in [1.82, 2.24) is 14.3 Å². The molecule has 3 heterocycles. The quantitative estimate of drug-likeness (QED) is 0.698. The number of fused-ring (bicyclic) bond motifs is 1. The Morgan fingerprint density at radius 2 is 2.00 bits per heavy atom. The maximum atomic E-state index is 13.4. The summed E-state index contributed by atoms with van der Waals surface area (Å²) in [5.74, 6) is -0.234. The standard InChI is InChI=1S/C22H24F2N4/c1-13-7-19(23)6-5-17(13)9-25-21-8-18(16(4)27-11-20(24)12-27)10-28-15(3)14(2)26-22(21)28/h5-8,10,20,25H,4,9,11-12H2,1-3H3. The molecular formula is C22H24F2N4.